The van der Waals surface area contributed by atoms with Crippen LogP contribution >= 0.6 is 0 Å². The molecule has 2 fully saturated rings. The van der Waals surface area contributed by atoms with Crippen LogP contribution in [0.3, 0.4) is 0 Å². The molecule has 2 aliphatic heterocycles. The van der Waals surface area contributed by atoms with Gasteiger partial charge in [0.1, 0.15) is 6.33 Å². The minimum atomic E-state index is 0.0123. The SMILES string of the molecule is O=C(N1CC2CC1CO2)n1ccnc1. The standard InChI is InChI=1S/C9H11N3O2/c13-9(11-2-1-10-6-11)12-4-8-3-7(12)5-14-8/h1-2,6-8H,3-5H2. The van der Waals surface area contributed by atoms with Crippen LogP contribution in [0.15, 0.2) is 18.7 Å². The average Bonchev–Trinajstić information content (AvgIpc) is 2.93. The highest BCUT2D eigenvalue weighted by Crippen LogP contribution is 2.28. The van der Waals surface area contributed by atoms with E-state index in [1.165, 1.54) is 10.9 Å². The van der Waals surface area contributed by atoms with Crippen molar-refractivity contribution < 1.29 is 9.53 Å². The van der Waals surface area contributed by atoms with Gasteiger partial charge in [0.25, 0.3) is 0 Å². The molecule has 2 aliphatic rings. The lowest BCUT2D eigenvalue weighted by atomic mass is 10.2. The number of carbonyl (C=O) groups excluding carboxylic acids is 1. The van der Waals surface area contributed by atoms with Crippen LogP contribution < -0.4 is 0 Å². The van der Waals surface area contributed by atoms with E-state index in [0.29, 0.717) is 6.61 Å². The number of hydrogen-bond donors (Lipinski definition) is 0. The average molecular weight is 193 g/mol. The normalized spacial score (nSPS) is 29.9. The largest absolute Gasteiger partial charge is 0.374 e. The first-order valence-corrected chi connectivity index (χ1v) is 4.75. The van der Waals surface area contributed by atoms with E-state index in [9.17, 15) is 4.79 Å². The van der Waals surface area contributed by atoms with Gasteiger partial charge in [-0.25, -0.2) is 9.78 Å². The highest BCUT2D eigenvalue weighted by molar-refractivity contribution is 5.77. The van der Waals surface area contributed by atoms with E-state index >= 15 is 0 Å². The van der Waals surface area contributed by atoms with Gasteiger partial charge in [-0.2, -0.15) is 0 Å². The Morgan fingerprint density at radius 1 is 1.57 bits per heavy atom. The smallest absolute Gasteiger partial charge is 0.329 e. The molecule has 1 aromatic heterocycles. The summed E-state index contributed by atoms with van der Waals surface area (Å²) < 4.78 is 6.95. The first-order chi connectivity index (χ1) is 6.84. The molecule has 2 atom stereocenters. The van der Waals surface area contributed by atoms with E-state index in [4.69, 9.17) is 4.74 Å². The molecule has 2 unspecified atom stereocenters. The van der Waals surface area contributed by atoms with Crippen molar-refractivity contribution in [2.45, 2.75) is 18.6 Å². The first kappa shape index (κ1) is 7.99. The van der Waals surface area contributed by atoms with Gasteiger partial charge in [0.05, 0.1) is 18.8 Å². The number of imidazole rings is 1. The molecule has 0 aliphatic carbocycles. The molecule has 0 saturated carbocycles. The van der Waals surface area contributed by atoms with Crippen molar-refractivity contribution >= 4 is 6.03 Å². The van der Waals surface area contributed by atoms with Crippen LogP contribution in [0, 0.1) is 0 Å². The Bertz CT molecular complexity index is 349. The van der Waals surface area contributed by atoms with E-state index in [2.05, 4.69) is 4.98 Å². The Kier molecular flexibility index (Phi) is 1.61. The van der Waals surface area contributed by atoms with Crippen molar-refractivity contribution in [2.24, 2.45) is 0 Å². The Morgan fingerprint density at radius 2 is 2.50 bits per heavy atom. The fourth-order valence-electron chi connectivity index (χ4n) is 2.15. The maximum absolute atomic E-state index is 11.9. The summed E-state index contributed by atoms with van der Waals surface area (Å²) in [5.74, 6) is 0. The second-order valence-corrected chi connectivity index (χ2v) is 3.75. The Morgan fingerprint density at radius 3 is 3.07 bits per heavy atom. The number of amides is 1. The number of carbonyl (C=O) groups is 1. The zero-order valence-electron chi connectivity index (χ0n) is 7.67. The number of likely N-dealkylation sites (tertiary alicyclic amines) is 1. The fraction of sp³-hybridized carbons (Fsp3) is 0.556. The predicted molar refractivity (Wildman–Crippen MR) is 47.9 cm³/mol. The van der Waals surface area contributed by atoms with Crippen molar-refractivity contribution in [3.63, 3.8) is 0 Å². The number of ether oxygens (including phenoxy) is 1. The fourth-order valence-corrected chi connectivity index (χ4v) is 2.15. The summed E-state index contributed by atoms with van der Waals surface area (Å²) in [6.07, 6.45) is 6.07. The summed E-state index contributed by atoms with van der Waals surface area (Å²) in [6, 6.07) is 0.285. The lowest BCUT2D eigenvalue weighted by molar-refractivity contribution is 0.0449. The molecule has 5 nitrogen and oxygen atoms in total. The minimum absolute atomic E-state index is 0.0123. The summed E-state index contributed by atoms with van der Waals surface area (Å²) in [5, 5.41) is 0. The summed E-state index contributed by atoms with van der Waals surface area (Å²) in [7, 11) is 0. The van der Waals surface area contributed by atoms with Crippen LogP contribution in [0.25, 0.3) is 0 Å². The Balaban J connectivity index is 1.81. The number of hydrogen-bond acceptors (Lipinski definition) is 3. The maximum Gasteiger partial charge on any atom is 0.329 e. The van der Waals surface area contributed by atoms with Gasteiger partial charge < -0.3 is 9.64 Å². The summed E-state index contributed by atoms with van der Waals surface area (Å²) in [4.78, 5) is 17.6. The van der Waals surface area contributed by atoms with E-state index < -0.39 is 0 Å². The molecule has 2 saturated heterocycles. The minimum Gasteiger partial charge on any atom is -0.374 e. The summed E-state index contributed by atoms with van der Waals surface area (Å²) in [5.41, 5.74) is 0. The van der Waals surface area contributed by atoms with Gasteiger partial charge in [-0.15, -0.1) is 0 Å². The molecule has 0 radical (unpaired) electrons. The third-order valence-corrected chi connectivity index (χ3v) is 2.87. The zero-order valence-corrected chi connectivity index (χ0v) is 7.67. The molecule has 1 aromatic rings. The van der Waals surface area contributed by atoms with E-state index in [0.717, 1.165) is 13.0 Å². The van der Waals surface area contributed by atoms with Crippen molar-refractivity contribution in [1.29, 1.82) is 0 Å². The molecule has 14 heavy (non-hydrogen) atoms. The highest BCUT2D eigenvalue weighted by Gasteiger charge is 2.41. The quantitative estimate of drug-likeness (QED) is 0.596. The Hall–Kier alpha value is -1.36. The second-order valence-electron chi connectivity index (χ2n) is 3.75. The number of fused-ring (bicyclic) bond motifs is 2. The van der Waals surface area contributed by atoms with Gasteiger partial charge in [-0.05, 0) is 6.42 Å². The van der Waals surface area contributed by atoms with Crippen molar-refractivity contribution in [1.82, 2.24) is 14.5 Å². The second kappa shape index (κ2) is 2.81. The molecule has 5 heteroatoms. The maximum atomic E-state index is 11.9. The highest BCUT2D eigenvalue weighted by atomic mass is 16.5. The lowest BCUT2D eigenvalue weighted by Crippen LogP contribution is -2.43. The van der Waals surface area contributed by atoms with Crippen molar-refractivity contribution in [3.8, 4) is 0 Å². The number of rotatable bonds is 0. The van der Waals surface area contributed by atoms with Crippen LogP contribution in [-0.2, 0) is 4.74 Å². The van der Waals surface area contributed by atoms with Gasteiger partial charge in [-0.1, -0.05) is 0 Å². The van der Waals surface area contributed by atoms with Gasteiger partial charge in [0.2, 0.25) is 0 Å². The van der Waals surface area contributed by atoms with Crippen molar-refractivity contribution in [2.75, 3.05) is 13.2 Å². The van der Waals surface area contributed by atoms with E-state index in [1.54, 1.807) is 12.4 Å². The number of nitrogens with zero attached hydrogens (tertiary/aromatic N) is 3. The molecule has 1 amide bonds. The van der Waals surface area contributed by atoms with Gasteiger partial charge in [-0.3, -0.25) is 4.57 Å². The predicted octanol–water partition coefficient (Wildman–Crippen LogP) is 0.324. The third-order valence-electron chi connectivity index (χ3n) is 2.87. The molecule has 0 N–H and O–H groups in total. The van der Waals surface area contributed by atoms with Crippen LogP contribution in [0.5, 0.6) is 0 Å². The molecule has 3 heterocycles. The number of aromatic nitrogens is 2. The molecule has 0 aromatic carbocycles. The first-order valence-electron chi connectivity index (χ1n) is 4.75. The van der Waals surface area contributed by atoms with Crippen LogP contribution in [0.1, 0.15) is 6.42 Å². The van der Waals surface area contributed by atoms with Gasteiger partial charge >= 0.3 is 6.03 Å². The van der Waals surface area contributed by atoms with Crippen molar-refractivity contribution in [3.05, 3.63) is 18.7 Å². The van der Waals surface area contributed by atoms with Crippen LogP contribution in [-0.4, -0.2) is 45.8 Å². The van der Waals surface area contributed by atoms with Crippen LogP contribution in [0.4, 0.5) is 4.79 Å². The lowest BCUT2D eigenvalue weighted by Gasteiger charge is -2.26. The topological polar surface area (TPSA) is 47.4 Å². The Labute approximate surface area is 81.3 Å². The summed E-state index contributed by atoms with van der Waals surface area (Å²) >= 11 is 0. The molecule has 2 bridgehead atoms. The number of morpholine rings is 1. The molecule has 74 valence electrons. The van der Waals surface area contributed by atoms with E-state index in [-0.39, 0.29) is 18.2 Å². The van der Waals surface area contributed by atoms with Gasteiger partial charge in [0, 0.05) is 18.9 Å². The molecular formula is C9H11N3O2. The van der Waals surface area contributed by atoms with Gasteiger partial charge in [0.15, 0.2) is 0 Å². The molecule has 0 spiro atoms. The molecule has 3 rings (SSSR count). The molecular weight excluding hydrogens is 182 g/mol. The van der Waals surface area contributed by atoms with E-state index in [1.807, 2.05) is 4.90 Å². The van der Waals surface area contributed by atoms with Crippen LogP contribution in [0.2, 0.25) is 0 Å². The zero-order chi connectivity index (χ0) is 9.54. The third kappa shape index (κ3) is 1.05. The monoisotopic (exact) mass is 193 g/mol. The summed E-state index contributed by atoms with van der Waals surface area (Å²) in [6.45, 7) is 1.41.